The lowest BCUT2D eigenvalue weighted by molar-refractivity contribution is -0.148. The average Bonchev–Trinajstić information content (AvgIpc) is 3.63. The van der Waals surface area contributed by atoms with Crippen molar-refractivity contribution in [1.29, 1.82) is 0 Å². The van der Waals surface area contributed by atoms with Crippen LogP contribution in [0.1, 0.15) is 63.9 Å². The van der Waals surface area contributed by atoms with E-state index in [0.29, 0.717) is 5.56 Å². The first-order valence-electron chi connectivity index (χ1n) is 15.3. The van der Waals surface area contributed by atoms with Crippen LogP contribution in [0.2, 0.25) is 0 Å². The lowest BCUT2D eigenvalue weighted by atomic mass is 9.84. The van der Waals surface area contributed by atoms with Gasteiger partial charge in [0, 0.05) is 28.4 Å². The summed E-state index contributed by atoms with van der Waals surface area (Å²) in [5, 5.41) is 8.64. The third-order valence-corrected chi connectivity index (χ3v) is 9.72. The monoisotopic (exact) mass is 764 g/mol. The minimum Gasteiger partial charge on any atom is -0.467 e. The quantitative estimate of drug-likeness (QED) is 0.252. The number of carbonyl (C=O) groups excluding carboxylic acids is 4. The van der Waals surface area contributed by atoms with Gasteiger partial charge in [0.1, 0.15) is 29.8 Å². The number of hydrogen-bond acceptors (Lipinski definition) is 8. The normalized spacial score (nSPS) is 25.6. The summed E-state index contributed by atoms with van der Waals surface area (Å²) in [4.78, 5) is 54.9. The number of benzene rings is 2. The molecule has 13 heteroatoms. The maximum absolute atomic E-state index is 14.2. The minimum atomic E-state index is -1.61. The highest BCUT2D eigenvalue weighted by molar-refractivity contribution is 9.10. The molecule has 0 saturated carbocycles. The van der Waals surface area contributed by atoms with E-state index in [-0.39, 0.29) is 37.9 Å². The fourth-order valence-corrected chi connectivity index (χ4v) is 6.47. The number of rotatable bonds is 11. The van der Waals surface area contributed by atoms with Crippen molar-refractivity contribution in [3.8, 4) is 0 Å². The Morgan fingerprint density at radius 3 is 1.78 bits per heavy atom. The van der Waals surface area contributed by atoms with Gasteiger partial charge in [0.15, 0.2) is 5.54 Å². The lowest BCUT2D eigenvalue weighted by Crippen LogP contribution is -2.67. The van der Waals surface area contributed by atoms with Gasteiger partial charge in [0.25, 0.3) is 0 Å². The Morgan fingerprint density at radius 1 is 0.783 bits per heavy atom. The van der Waals surface area contributed by atoms with Crippen molar-refractivity contribution in [1.82, 2.24) is 16.0 Å². The van der Waals surface area contributed by atoms with Crippen LogP contribution < -0.4 is 21.7 Å². The zero-order chi connectivity index (χ0) is 33.8. The summed E-state index contributed by atoms with van der Waals surface area (Å²) in [6.45, 7) is 7.59. The van der Waals surface area contributed by atoms with Crippen LogP contribution in [-0.4, -0.2) is 67.2 Å². The smallest absolute Gasteiger partial charge is 0.328 e. The van der Waals surface area contributed by atoms with Crippen molar-refractivity contribution < 1.29 is 33.4 Å². The Balaban J connectivity index is 1.65. The van der Waals surface area contributed by atoms with Crippen molar-refractivity contribution in [2.24, 2.45) is 17.6 Å². The number of nitrogens with one attached hydrogen (secondary N) is 3. The molecule has 6 atom stereocenters. The zero-order valence-corrected chi connectivity index (χ0v) is 29.8. The van der Waals surface area contributed by atoms with Crippen molar-refractivity contribution in [3.63, 3.8) is 0 Å². The van der Waals surface area contributed by atoms with E-state index in [1.807, 2.05) is 36.4 Å². The molecule has 2 heterocycles. The van der Waals surface area contributed by atoms with Crippen molar-refractivity contribution >= 4 is 55.6 Å². The van der Waals surface area contributed by atoms with Crippen LogP contribution in [0.25, 0.3) is 0 Å². The summed E-state index contributed by atoms with van der Waals surface area (Å²) in [6, 6.07) is 12.6. The van der Waals surface area contributed by atoms with Crippen molar-refractivity contribution in [2.75, 3.05) is 20.3 Å². The molecule has 2 aromatic carbocycles. The molecule has 0 radical (unpaired) electrons. The van der Waals surface area contributed by atoms with Crippen LogP contribution in [0.3, 0.4) is 0 Å². The van der Waals surface area contributed by atoms with Gasteiger partial charge in [-0.15, -0.1) is 0 Å². The Morgan fingerprint density at radius 2 is 1.26 bits per heavy atom. The predicted molar refractivity (Wildman–Crippen MR) is 178 cm³/mol. The van der Waals surface area contributed by atoms with Gasteiger partial charge in [0.2, 0.25) is 17.7 Å². The fourth-order valence-electron chi connectivity index (χ4n) is 5.94. The lowest BCUT2D eigenvalue weighted by Gasteiger charge is -2.38. The number of amides is 3. The third kappa shape index (κ3) is 7.49. The van der Waals surface area contributed by atoms with Gasteiger partial charge in [-0.1, -0.05) is 83.8 Å². The summed E-state index contributed by atoms with van der Waals surface area (Å²) >= 11 is 6.85. The van der Waals surface area contributed by atoms with Crippen molar-refractivity contribution in [2.45, 2.75) is 75.9 Å². The number of hydrogen-bond donors (Lipinski definition) is 4. The molecular weight excluding hydrogens is 724 g/mol. The molecule has 250 valence electrons. The standard InChI is InChI=1S/C33H42Br2N4O7/c1-18(2)24(37-30(42)32(36)14-16-45-26(32)20-6-10-22(34)11-7-20)28(40)39-33(31(43)38-25(19(3)4)29(41)44-5)15-17-46-27(33)21-8-12-23(35)13-9-21/h6-13,18-19,24-27H,14-17,36H2,1-5H3,(H,37,42)(H,38,43)(H,39,40)/t24-,25-,26-,27-,32+,33+/m0/s1. The van der Waals surface area contributed by atoms with Gasteiger partial charge >= 0.3 is 5.97 Å². The summed E-state index contributed by atoms with van der Waals surface area (Å²) in [5.41, 5.74) is 5.08. The Kier molecular flexibility index (Phi) is 11.7. The van der Waals surface area contributed by atoms with E-state index in [4.69, 9.17) is 19.9 Å². The minimum absolute atomic E-state index is 0.121. The summed E-state index contributed by atoms with van der Waals surface area (Å²) in [7, 11) is 1.25. The summed E-state index contributed by atoms with van der Waals surface area (Å²) in [6.07, 6.45) is -1.23. The molecule has 2 saturated heterocycles. The number of nitrogens with two attached hydrogens (primary N) is 1. The van der Waals surface area contributed by atoms with Crippen LogP contribution in [-0.2, 0) is 33.4 Å². The molecule has 0 spiro atoms. The van der Waals surface area contributed by atoms with Gasteiger partial charge < -0.3 is 35.9 Å². The number of esters is 1. The summed E-state index contributed by atoms with van der Waals surface area (Å²) < 4.78 is 18.7. The first kappa shape index (κ1) is 36.0. The van der Waals surface area contributed by atoms with E-state index in [2.05, 4.69) is 47.8 Å². The zero-order valence-electron chi connectivity index (χ0n) is 26.6. The van der Waals surface area contributed by atoms with Gasteiger partial charge in [-0.05, 0) is 47.2 Å². The second-order valence-electron chi connectivity index (χ2n) is 12.5. The number of carbonyl (C=O) groups is 4. The van der Waals surface area contributed by atoms with Crippen LogP contribution in [0.15, 0.2) is 57.5 Å². The molecule has 2 aliphatic rings. The predicted octanol–water partition coefficient (Wildman–Crippen LogP) is 3.84. The fraction of sp³-hybridized carbons (Fsp3) is 0.515. The Bertz CT molecular complexity index is 1420. The SMILES string of the molecule is COC(=O)[C@@H](NC(=O)[C@@]1(NC(=O)[C@@H](NC(=O)[C@@]2(N)CCO[C@H]2c2ccc(Br)cc2)C(C)C)CCO[C@H]1c1ccc(Br)cc1)C(C)C. The van der Waals surface area contributed by atoms with E-state index in [0.717, 1.165) is 14.5 Å². The van der Waals surface area contributed by atoms with Crippen LogP contribution in [0.4, 0.5) is 0 Å². The molecule has 11 nitrogen and oxygen atoms in total. The highest BCUT2D eigenvalue weighted by atomic mass is 79.9. The van der Waals surface area contributed by atoms with E-state index in [1.165, 1.54) is 7.11 Å². The number of ether oxygens (including phenoxy) is 3. The largest absolute Gasteiger partial charge is 0.467 e. The highest BCUT2D eigenvalue weighted by Gasteiger charge is 2.54. The molecule has 2 fully saturated rings. The van der Waals surface area contributed by atoms with Crippen molar-refractivity contribution in [3.05, 3.63) is 68.6 Å². The van der Waals surface area contributed by atoms with E-state index in [9.17, 15) is 19.2 Å². The maximum atomic E-state index is 14.2. The van der Waals surface area contributed by atoms with Gasteiger partial charge in [-0.25, -0.2) is 4.79 Å². The van der Waals surface area contributed by atoms with Gasteiger partial charge in [0.05, 0.1) is 13.7 Å². The van der Waals surface area contributed by atoms with E-state index >= 15 is 0 Å². The van der Waals surface area contributed by atoms with E-state index < -0.39 is 59.1 Å². The molecule has 46 heavy (non-hydrogen) atoms. The first-order chi connectivity index (χ1) is 21.7. The van der Waals surface area contributed by atoms with E-state index in [1.54, 1.807) is 39.8 Å². The topological polar surface area (TPSA) is 158 Å². The second kappa shape index (κ2) is 14.9. The maximum Gasteiger partial charge on any atom is 0.328 e. The highest BCUT2D eigenvalue weighted by Crippen LogP contribution is 2.40. The van der Waals surface area contributed by atoms with Crippen LogP contribution in [0, 0.1) is 11.8 Å². The van der Waals surface area contributed by atoms with Gasteiger partial charge in [-0.2, -0.15) is 0 Å². The molecule has 2 aliphatic heterocycles. The van der Waals surface area contributed by atoms with Crippen LogP contribution >= 0.6 is 31.9 Å². The summed E-state index contributed by atoms with van der Waals surface area (Å²) in [5.74, 6) is -3.01. The molecule has 4 rings (SSSR count). The molecule has 0 unspecified atom stereocenters. The number of methoxy groups -OCH3 is 1. The van der Waals surface area contributed by atoms with Gasteiger partial charge in [-0.3, -0.25) is 14.4 Å². The molecule has 5 N–H and O–H groups in total. The Hall–Kier alpha value is -2.84. The number of halogens is 2. The molecule has 0 bridgehead atoms. The second-order valence-corrected chi connectivity index (χ2v) is 14.4. The Labute approximate surface area is 286 Å². The molecule has 0 aromatic heterocycles. The molecule has 2 aromatic rings. The molecular formula is C33H42Br2N4O7. The third-order valence-electron chi connectivity index (χ3n) is 8.66. The first-order valence-corrected chi connectivity index (χ1v) is 16.9. The average molecular weight is 767 g/mol. The molecule has 0 aliphatic carbocycles. The van der Waals surface area contributed by atoms with Crippen LogP contribution in [0.5, 0.6) is 0 Å². The molecule has 3 amide bonds.